The third-order valence-corrected chi connectivity index (χ3v) is 5.35. The quantitative estimate of drug-likeness (QED) is 0.533. The van der Waals surface area contributed by atoms with Gasteiger partial charge in [-0.2, -0.15) is 5.26 Å². The van der Waals surface area contributed by atoms with Crippen LogP contribution in [0.15, 0.2) is 42.1 Å². The van der Waals surface area contributed by atoms with Crippen LogP contribution in [-0.2, 0) is 11.4 Å². The first kappa shape index (κ1) is 20.6. The normalized spacial score (nSPS) is 15.1. The van der Waals surface area contributed by atoms with Crippen LogP contribution in [0.1, 0.15) is 16.7 Å². The number of ether oxygens (including phenoxy) is 2. The highest BCUT2D eigenvalue weighted by Gasteiger charge is 2.32. The van der Waals surface area contributed by atoms with Gasteiger partial charge in [-0.05, 0) is 42.1 Å². The van der Waals surface area contributed by atoms with Gasteiger partial charge >= 0.3 is 0 Å². The summed E-state index contributed by atoms with van der Waals surface area (Å²) >= 11 is 11.7. The average molecular weight is 428 g/mol. The molecule has 0 saturated carbocycles. The predicted octanol–water partition coefficient (Wildman–Crippen LogP) is 3.83. The lowest BCUT2D eigenvalue weighted by molar-refractivity contribution is -0.121. The van der Waals surface area contributed by atoms with E-state index in [0.717, 1.165) is 5.56 Å². The topological polar surface area (TPSA) is 65.8 Å². The molecule has 148 valence electrons. The number of hydrogen-bond donors (Lipinski definition) is 0. The molecule has 8 heteroatoms. The Morgan fingerprint density at radius 3 is 2.59 bits per heavy atom. The van der Waals surface area contributed by atoms with E-state index in [4.69, 9.17) is 33.3 Å². The summed E-state index contributed by atoms with van der Waals surface area (Å²) in [6, 6.07) is 12.7. The number of thiocarbonyl (C=S) groups is 1. The summed E-state index contributed by atoms with van der Waals surface area (Å²) in [5, 5.41) is 9.97. The standard InChI is InChI=1S/C21H18ClN3O3S/c1-24-17(20(26)25(2)21(24)29)9-13-8-16(22)19(18(10-13)27-3)28-12-15-7-5-4-6-14(15)11-23/h4-10H,12H2,1-3H3/b17-9-. The maximum atomic E-state index is 12.4. The van der Waals surface area contributed by atoms with Crippen molar-refractivity contribution >= 4 is 40.9 Å². The second-order valence-corrected chi connectivity index (χ2v) is 7.10. The van der Waals surface area contributed by atoms with E-state index >= 15 is 0 Å². The minimum atomic E-state index is -0.193. The van der Waals surface area contributed by atoms with Gasteiger partial charge in [0, 0.05) is 19.7 Å². The first-order valence-corrected chi connectivity index (χ1v) is 9.41. The highest BCUT2D eigenvalue weighted by molar-refractivity contribution is 7.80. The Hall–Kier alpha value is -3.08. The highest BCUT2D eigenvalue weighted by atomic mass is 35.5. The van der Waals surface area contributed by atoms with E-state index in [1.807, 2.05) is 12.1 Å². The van der Waals surface area contributed by atoms with Crippen LogP contribution in [0, 0.1) is 11.3 Å². The van der Waals surface area contributed by atoms with E-state index in [0.29, 0.717) is 38.5 Å². The fraction of sp³-hybridized carbons (Fsp3) is 0.190. The van der Waals surface area contributed by atoms with Crippen molar-refractivity contribution in [1.82, 2.24) is 9.80 Å². The zero-order chi connectivity index (χ0) is 21.1. The minimum absolute atomic E-state index is 0.167. The van der Waals surface area contributed by atoms with Crippen LogP contribution in [0.5, 0.6) is 11.5 Å². The fourth-order valence-electron chi connectivity index (χ4n) is 2.91. The summed E-state index contributed by atoms with van der Waals surface area (Å²) in [5.74, 6) is 0.589. The van der Waals surface area contributed by atoms with E-state index in [9.17, 15) is 10.1 Å². The van der Waals surface area contributed by atoms with Gasteiger partial charge in [0.05, 0.1) is 23.8 Å². The molecule has 1 amide bonds. The van der Waals surface area contributed by atoms with Gasteiger partial charge in [-0.15, -0.1) is 0 Å². The lowest BCUT2D eigenvalue weighted by Gasteiger charge is -2.15. The van der Waals surface area contributed by atoms with E-state index in [-0.39, 0.29) is 12.5 Å². The number of hydrogen-bond acceptors (Lipinski definition) is 5. The first-order chi connectivity index (χ1) is 13.9. The molecule has 29 heavy (non-hydrogen) atoms. The Balaban J connectivity index is 1.91. The summed E-state index contributed by atoms with van der Waals surface area (Å²) < 4.78 is 11.3. The van der Waals surface area contributed by atoms with E-state index < -0.39 is 0 Å². The molecule has 6 nitrogen and oxygen atoms in total. The van der Waals surface area contributed by atoms with Crippen molar-refractivity contribution in [3.63, 3.8) is 0 Å². The van der Waals surface area contributed by atoms with Crippen molar-refractivity contribution in [3.05, 3.63) is 63.8 Å². The molecule has 2 aromatic rings. The largest absolute Gasteiger partial charge is 0.493 e. The maximum absolute atomic E-state index is 12.4. The number of rotatable bonds is 5. The van der Waals surface area contributed by atoms with Crippen LogP contribution in [0.4, 0.5) is 0 Å². The highest BCUT2D eigenvalue weighted by Crippen LogP contribution is 2.38. The Kier molecular flexibility index (Phi) is 6.06. The summed E-state index contributed by atoms with van der Waals surface area (Å²) in [5.41, 5.74) is 2.39. The van der Waals surface area contributed by atoms with Gasteiger partial charge in [-0.3, -0.25) is 9.69 Å². The Morgan fingerprint density at radius 1 is 1.24 bits per heavy atom. The molecule has 1 aliphatic rings. The fourth-order valence-corrected chi connectivity index (χ4v) is 3.37. The average Bonchev–Trinajstić information content (AvgIpc) is 2.90. The maximum Gasteiger partial charge on any atom is 0.276 e. The van der Waals surface area contributed by atoms with Crippen molar-refractivity contribution in [3.8, 4) is 17.6 Å². The van der Waals surface area contributed by atoms with Crippen LogP contribution >= 0.6 is 23.8 Å². The van der Waals surface area contributed by atoms with Gasteiger partial charge in [-0.25, -0.2) is 0 Å². The molecule has 0 aliphatic carbocycles. The molecule has 3 rings (SSSR count). The number of halogens is 1. The third-order valence-electron chi connectivity index (χ3n) is 4.52. The number of likely N-dealkylation sites (N-methyl/N-ethyl adjacent to an activating group) is 2. The molecule has 1 fully saturated rings. The Labute approximate surface area is 179 Å². The van der Waals surface area contributed by atoms with Crippen molar-refractivity contribution < 1.29 is 14.3 Å². The molecule has 0 bridgehead atoms. The molecule has 1 saturated heterocycles. The van der Waals surface area contributed by atoms with Gasteiger partial charge in [0.15, 0.2) is 16.6 Å². The molecule has 0 radical (unpaired) electrons. The third kappa shape index (κ3) is 4.04. The Bertz CT molecular complexity index is 1060. The molecule has 0 spiro atoms. The van der Waals surface area contributed by atoms with Crippen LogP contribution in [0.25, 0.3) is 6.08 Å². The molecule has 0 unspecified atom stereocenters. The molecular weight excluding hydrogens is 410 g/mol. The SMILES string of the molecule is COc1cc(/C=C2/C(=O)N(C)C(=S)N2C)cc(Cl)c1OCc1ccccc1C#N. The monoisotopic (exact) mass is 427 g/mol. The summed E-state index contributed by atoms with van der Waals surface area (Å²) in [4.78, 5) is 15.4. The van der Waals surface area contributed by atoms with Gasteiger partial charge in [0.1, 0.15) is 12.3 Å². The number of carbonyl (C=O) groups is 1. The van der Waals surface area contributed by atoms with Crippen LogP contribution in [-0.4, -0.2) is 42.0 Å². The zero-order valence-electron chi connectivity index (χ0n) is 16.1. The minimum Gasteiger partial charge on any atom is -0.493 e. The van der Waals surface area contributed by atoms with Crippen molar-refractivity contribution in [2.75, 3.05) is 21.2 Å². The van der Waals surface area contributed by atoms with E-state index in [1.165, 1.54) is 12.0 Å². The summed E-state index contributed by atoms with van der Waals surface area (Å²) in [6.45, 7) is 0.167. The van der Waals surface area contributed by atoms with Crippen LogP contribution in [0.2, 0.25) is 5.02 Å². The molecule has 2 aromatic carbocycles. The number of nitrogens with zero attached hydrogens (tertiary/aromatic N) is 3. The van der Waals surface area contributed by atoms with Crippen molar-refractivity contribution in [1.29, 1.82) is 5.26 Å². The van der Waals surface area contributed by atoms with Gasteiger partial charge in [0.25, 0.3) is 5.91 Å². The number of benzene rings is 2. The number of methoxy groups -OCH3 is 1. The number of nitriles is 1. The molecule has 1 aliphatic heterocycles. The Morgan fingerprint density at radius 2 is 1.97 bits per heavy atom. The van der Waals surface area contributed by atoms with Gasteiger partial charge in [0.2, 0.25) is 0 Å². The number of carbonyl (C=O) groups excluding carboxylic acids is 1. The van der Waals surface area contributed by atoms with Crippen LogP contribution in [0.3, 0.4) is 0 Å². The van der Waals surface area contributed by atoms with E-state index in [1.54, 1.807) is 49.3 Å². The summed E-state index contributed by atoms with van der Waals surface area (Å²) in [7, 11) is 4.87. The molecule has 0 N–H and O–H groups in total. The lowest BCUT2D eigenvalue weighted by atomic mass is 10.1. The molecule has 1 heterocycles. The van der Waals surface area contributed by atoms with Crippen molar-refractivity contribution in [2.45, 2.75) is 6.61 Å². The number of amides is 1. The van der Waals surface area contributed by atoms with Crippen molar-refractivity contribution in [2.24, 2.45) is 0 Å². The molecule has 0 atom stereocenters. The van der Waals surface area contributed by atoms with E-state index in [2.05, 4.69) is 6.07 Å². The smallest absolute Gasteiger partial charge is 0.276 e. The van der Waals surface area contributed by atoms with Gasteiger partial charge < -0.3 is 14.4 Å². The lowest BCUT2D eigenvalue weighted by Crippen LogP contribution is -2.26. The van der Waals surface area contributed by atoms with Gasteiger partial charge in [-0.1, -0.05) is 29.8 Å². The summed E-state index contributed by atoms with van der Waals surface area (Å²) in [6.07, 6.45) is 1.70. The predicted molar refractivity (Wildman–Crippen MR) is 115 cm³/mol. The zero-order valence-corrected chi connectivity index (χ0v) is 17.7. The second-order valence-electron chi connectivity index (χ2n) is 6.33. The molecular formula is C21H18ClN3O3S. The second kappa shape index (κ2) is 8.52. The first-order valence-electron chi connectivity index (χ1n) is 8.63. The molecule has 0 aromatic heterocycles. The van der Waals surface area contributed by atoms with Crippen LogP contribution < -0.4 is 9.47 Å².